The van der Waals surface area contributed by atoms with Crippen LogP contribution >= 0.6 is 11.6 Å². The van der Waals surface area contributed by atoms with E-state index >= 15 is 0 Å². The van der Waals surface area contributed by atoms with Crippen molar-refractivity contribution in [1.82, 2.24) is 5.32 Å². The Kier molecular flexibility index (Phi) is 7.00. The standard InChI is InChI=1S/C20H25ClN2O2/c1-13(18(22)15-7-5-4-6-8-15)20(24)23-14(2)19(25-3)16-9-11-17(21)12-10-16/h4-14,18-19H,22H2,1-3H3,(H,23,24). The summed E-state index contributed by atoms with van der Waals surface area (Å²) in [6.45, 7) is 3.76. The van der Waals surface area contributed by atoms with Crippen LogP contribution in [0.25, 0.3) is 0 Å². The molecule has 0 aliphatic heterocycles. The maximum atomic E-state index is 12.6. The fourth-order valence-electron chi connectivity index (χ4n) is 2.84. The Bertz CT molecular complexity index is 676. The molecule has 0 spiro atoms. The first-order valence-corrected chi connectivity index (χ1v) is 8.71. The fraction of sp³-hybridized carbons (Fsp3) is 0.350. The van der Waals surface area contributed by atoms with Gasteiger partial charge in [-0.2, -0.15) is 0 Å². The van der Waals surface area contributed by atoms with Crippen molar-refractivity contribution in [3.05, 3.63) is 70.7 Å². The second kappa shape index (κ2) is 8.99. The van der Waals surface area contributed by atoms with E-state index in [2.05, 4.69) is 5.32 Å². The molecule has 0 aliphatic rings. The average Bonchev–Trinajstić information content (AvgIpc) is 2.63. The zero-order chi connectivity index (χ0) is 18.4. The molecule has 0 bridgehead atoms. The van der Waals surface area contributed by atoms with Crippen molar-refractivity contribution in [3.8, 4) is 0 Å². The zero-order valence-electron chi connectivity index (χ0n) is 14.8. The van der Waals surface area contributed by atoms with Crippen LogP contribution in [0.3, 0.4) is 0 Å². The van der Waals surface area contributed by atoms with Gasteiger partial charge < -0.3 is 15.8 Å². The monoisotopic (exact) mass is 360 g/mol. The Morgan fingerprint density at radius 3 is 2.20 bits per heavy atom. The number of rotatable bonds is 7. The minimum Gasteiger partial charge on any atom is -0.375 e. The number of nitrogens with two attached hydrogens (primary N) is 1. The van der Waals surface area contributed by atoms with E-state index in [-0.39, 0.29) is 30.0 Å². The summed E-state index contributed by atoms with van der Waals surface area (Å²) in [4.78, 5) is 12.6. The number of carbonyl (C=O) groups excluding carboxylic acids is 1. The number of amides is 1. The third-order valence-electron chi connectivity index (χ3n) is 4.41. The molecule has 0 aliphatic carbocycles. The van der Waals surface area contributed by atoms with Crippen LogP contribution in [-0.4, -0.2) is 19.1 Å². The van der Waals surface area contributed by atoms with E-state index in [1.54, 1.807) is 7.11 Å². The van der Waals surface area contributed by atoms with Gasteiger partial charge in [0.1, 0.15) is 6.10 Å². The van der Waals surface area contributed by atoms with Crippen molar-refractivity contribution >= 4 is 17.5 Å². The molecule has 3 N–H and O–H groups in total. The van der Waals surface area contributed by atoms with Crippen LogP contribution < -0.4 is 11.1 Å². The Morgan fingerprint density at radius 1 is 1.04 bits per heavy atom. The van der Waals surface area contributed by atoms with E-state index in [0.717, 1.165) is 11.1 Å². The molecule has 4 nitrogen and oxygen atoms in total. The molecule has 2 rings (SSSR count). The molecule has 2 aromatic carbocycles. The molecule has 0 radical (unpaired) electrons. The minimum atomic E-state index is -0.357. The first-order chi connectivity index (χ1) is 11.9. The lowest BCUT2D eigenvalue weighted by Crippen LogP contribution is -2.43. The number of carbonyl (C=O) groups is 1. The van der Waals surface area contributed by atoms with Gasteiger partial charge in [-0.25, -0.2) is 0 Å². The number of benzene rings is 2. The Morgan fingerprint density at radius 2 is 1.64 bits per heavy atom. The van der Waals surface area contributed by atoms with Gasteiger partial charge in [0.25, 0.3) is 0 Å². The lowest BCUT2D eigenvalue weighted by molar-refractivity contribution is -0.126. The highest BCUT2D eigenvalue weighted by Gasteiger charge is 2.26. The summed E-state index contributed by atoms with van der Waals surface area (Å²) >= 11 is 5.93. The van der Waals surface area contributed by atoms with Gasteiger partial charge in [-0.1, -0.05) is 61.0 Å². The van der Waals surface area contributed by atoms with Gasteiger partial charge >= 0.3 is 0 Å². The van der Waals surface area contributed by atoms with Crippen LogP contribution in [0.5, 0.6) is 0 Å². The van der Waals surface area contributed by atoms with Gasteiger partial charge in [-0.3, -0.25) is 4.79 Å². The van der Waals surface area contributed by atoms with E-state index in [4.69, 9.17) is 22.1 Å². The van der Waals surface area contributed by atoms with Gasteiger partial charge in [-0.15, -0.1) is 0 Å². The molecule has 0 aromatic heterocycles. The summed E-state index contributed by atoms with van der Waals surface area (Å²) in [5.41, 5.74) is 8.15. The number of methoxy groups -OCH3 is 1. The second-order valence-corrected chi connectivity index (χ2v) is 6.67. The van der Waals surface area contributed by atoms with Crippen LogP contribution in [0.1, 0.15) is 37.1 Å². The van der Waals surface area contributed by atoms with Gasteiger partial charge in [0, 0.05) is 18.2 Å². The maximum absolute atomic E-state index is 12.6. The van der Waals surface area contributed by atoms with Crippen LogP contribution in [0.4, 0.5) is 0 Å². The molecular weight excluding hydrogens is 336 g/mol. The van der Waals surface area contributed by atoms with Crippen molar-refractivity contribution in [2.45, 2.75) is 32.0 Å². The zero-order valence-corrected chi connectivity index (χ0v) is 15.5. The minimum absolute atomic E-state index is 0.0973. The number of halogens is 1. The summed E-state index contributed by atoms with van der Waals surface area (Å²) in [5, 5.41) is 3.68. The highest BCUT2D eigenvalue weighted by Crippen LogP contribution is 2.24. The molecule has 25 heavy (non-hydrogen) atoms. The van der Waals surface area contributed by atoms with Crippen LogP contribution in [0, 0.1) is 5.92 Å². The third-order valence-corrected chi connectivity index (χ3v) is 4.67. The molecule has 4 atom stereocenters. The predicted molar refractivity (Wildman–Crippen MR) is 101 cm³/mol. The molecule has 134 valence electrons. The molecule has 5 heteroatoms. The van der Waals surface area contributed by atoms with Crippen molar-refractivity contribution in [2.75, 3.05) is 7.11 Å². The first-order valence-electron chi connectivity index (χ1n) is 8.33. The Balaban J connectivity index is 2.03. The normalized spacial score (nSPS) is 15.9. The lowest BCUT2D eigenvalue weighted by Gasteiger charge is -2.27. The molecule has 0 fully saturated rings. The first kappa shape index (κ1) is 19.4. The van der Waals surface area contributed by atoms with Gasteiger partial charge in [-0.05, 0) is 30.2 Å². The largest absolute Gasteiger partial charge is 0.375 e. The average molecular weight is 361 g/mol. The van der Waals surface area contributed by atoms with E-state index < -0.39 is 0 Å². The summed E-state index contributed by atoms with van der Waals surface area (Å²) in [5.74, 6) is -0.451. The number of hydrogen-bond acceptors (Lipinski definition) is 3. The van der Waals surface area contributed by atoms with Crippen molar-refractivity contribution in [1.29, 1.82) is 0 Å². The quantitative estimate of drug-likeness (QED) is 0.787. The molecular formula is C20H25ClN2O2. The summed E-state index contributed by atoms with van der Waals surface area (Å²) in [7, 11) is 1.63. The van der Waals surface area contributed by atoms with Crippen molar-refractivity contribution in [3.63, 3.8) is 0 Å². The van der Waals surface area contributed by atoms with Gasteiger partial charge in [0.05, 0.1) is 12.0 Å². The number of hydrogen-bond donors (Lipinski definition) is 2. The molecule has 0 saturated heterocycles. The highest BCUT2D eigenvalue weighted by molar-refractivity contribution is 6.30. The van der Waals surface area contributed by atoms with Crippen molar-refractivity contribution in [2.24, 2.45) is 11.7 Å². The van der Waals surface area contributed by atoms with E-state index in [9.17, 15) is 4.79 Å². The molecule has 0 saturated carbocycles. The third kappa shape index (κ3) is 5.05. The smallest absolute Gasteiger partial charge is 0.225 e. The SMILES string of the molecule is COC(c1ccc(Cl)cc1)C(C)NC(=O)C(C)C(N)c1ccccc1. The molecule has 0 heterocycles. The van der Waals surface area contributed by atoms with E-state index in [1.807, 2.05) is 68.4 Å². The Labute approximate surface area is 154 Å². The molecule has 1 amide bonds. The highest BCUT2D eigenvalue weighted by atomic mass is 35.5. The second-order valence-electron chi connectivity index (χ2n) is 6.23. The van der Waals surface area contributed by atoms with E-state index in [1.165, 1.54) is 0 Å². The summed E-state index contributed by atoms with van der Waals surface area (Å²) in [6.07, 6.45) is -0.263. The number of ether oxygens (including phenoxy) is 1. The van der Waals surface area contributed by atoms with Crippen molar-refractivity contribution < 1.29 is 9.53 Å². The van der Waals surface area contributed by atoms with Crippen LogP contribution in [0.15, 0.2) is 54.6 Å². The fourth-order valence-corrected chi connectivity index (χ4v) is 2.97. The summed E-state index contributed by atoms with van der Waals surface area (Å²) in [6, 6.07) is 16.5. The topological polar surface area (TPSA) is 64.3 Å². The van der Waals surface area contributed by atoms with Crippen LogP contribution in [0.2, 0.25) is 5.02 Å². The van der Waals surface area contributed by atoms with Crippen LogP contribution in [-0.2, 0) is 9.53 Å². The lowest BCUT2D eigenvalue weighted by atomic mass is 9.94. The maximum Gasteiger partial charge on any atom is 0.225 e. The number of nitrogens with one attached hydrogen (secondary N) is 1. The van der Waals surface area contributed by atoms with E-state index in [0.29, 0.717) is 5.02 Å². The predicted octanol–water partition coefficient (Wildman–Crippen LogP) is 3.87. The van der Waals surface area contributed by atoms with Gasteiger partial charge in [0.2, 0.25) is 5.91 Å². The Hall–Kier alpha value is -1.88. The molecule has 4 unspecified atom stereocenters. The molecule has 2 aromatic rings. The summed E-state index contributed by atoms with van der Waals surface area (Å²) < 4.78 is 5.57. The van der Waals surface area contributed by atoms with Gasteiger partial charge in [0.15, 0.2) is 0 Å².